The second kappa shape index (κ2) is 9.81. The number of rotatable bonds is 7. The number of nitrogens with zero attached hydrogens (tertiary/aromatic N) is 1. The Morgan fingerprint density at radius 2 is 1.97 bits per heavy atom. The molecular weight excluding hydrogens is 428 g/mol. The van der Waals surface area contributed by atoms with Crippen LogP contribution in [-0.4, -0.2) is 47.2 Å². The van der Waals surface area contributed by atoms with Gasteiger partial charge in [0.05, 0.1) is 24.5 Å². The SMILES string of the molecule is CCC(/C=N/OCCNC(=N)N)=C\C1C[C@H](O)C[C@H]2CC[C@@H]3[C@H](CC[C@]4(C)CCC[C@]34O)[C@@]12C. The van der Waals surface area contributed by atoms with Crippen LogP contribution in [-0.2, 0) is 4.84 Å². The van der Waals surface area contributed by atoms with Gasteiger partial charge in [-0.2, -0.15) is 0 Å². The Morgan fingerprint density at radius 1 is 1.18 bits per heavy atom. The van der Waals surface area contributed by atoms with Gasteiger partial charge in [-0.25, -0.2) is 0 Å². The number of nitrogens with one attached hydrogen (secondary N) is 2. The molecule has 0 bridgehead atoms. The third-order valence-electron chi connectivity index (χ3n) is 10.4. The average Bonchev–Trinajstić information content (AvgIpc) is 3.10. The Hall–Kier alpha value is -1.60. The quantitative estimate of drug-likeness (QED) is 0.165. The van der Waals surface area contributed by atoms with Crippen LogP contribution in [0, 0.1) is 39.9 Å². The van der Waals surface area contributed by atoms with Gasteiger partial charge in [0, 0.05) is 0 Å². The summed E-state index contributed by atoms with van der Waals surface area (Å²) >= 11 is 0. The first-order valence-electron chi connectivity index (χ1n) is 13.5. The molecule has 34 heavy (non-hydrogen) atoms. The highest BCUT2D eigenvalue weighted by Crippen LogP contribution is 2.68. The lowest BCUT2D eigenvalue weighted by molar-refractivity contribution is -0.211. The van der Waals surface area contributed by atoms with E-state index < -0.39 is 5.60 Å². The Labute approximate surface area is 205 Å². The molecule has 4 aliphatic carbocycles. The normalized spacial score (nSPS) is 44.3. The number of nitrogens with two attached hydrogens (primary N) is 1. The molecule has 7 heteroatoms. The van der Waals surface area contributed by atoms with Crippen LogP contribution >= 0.6 is 0 Å². The van der Waals surface area contributed by atoms with E-state index in [9.17, 15) is 10.2 Å². The Balaban J connectivity index is 1.55. The van der Waals surface area contributed by atoms with Crippen molar-refractivity contribution in [3.8, 4) is 0 Å². The largest absolute Gasteiger partial charge is 0.394 e. The summed E-state index contributed by atoms with van der Waals surface area (Å²) in [5, 5.41) is 36.9. The van der Waals surface area contributed by atoms with Gasteiger partial charge in [0.2, 0.25) is 0 Å². The van der Waals surface area contributed by atoms with Crippen LogP contribution in [0.3, 0.4) is 0 Å². The first-order valence-corrected chi connectivity index (χ1v) is 13.5. The van der Waals surface area contributed by atoms with E-state index in [2.05, 4.69) is 37.3 Å². The maximum Gasteiger partial charge on any atom is 0.185 e. The van der Waals surface area contributed by atoms with Crippen molar-refractivity contribution in [3.63, 3.8) is 0 Å². The summed E-state index contributed by atoms with van der Waals surface area (Å²) in [5.41, 5.74) is 6.05. The molecule has 0 aromatic carbocycles. The number of hydrogen-bond acceptors (Lipinski definition) is 5. The van der Waals surface area contributed by atoms with Crippen LogP contribution in [0.1, 0.15) is 85.0 Å². The van der Waals surface area contributed by atoms with Crippen LogP contribution in [0.5, 0.6) is 0 Å². The summed E-state index contributed by atoms with van der Waals surface area (Å²) < 4.78 is 0. The first-order chi connectivity index (χ1) is 16.1. The average molecular weight is 475 g/mol. The van der Waals surface area contributed by atoms with Gasteiger partial charge in [-0.1, -0.05) is 32.0 Å². The fourth-order valence-electron chi connectivity index (χ4n) is 8.50. The van der Waals surface area contributed by atoms with Crippen molar-refractivity contribution in [2.45, 2.75) is 96.7 Å². The van der Waals surface area contributed by atoms with Crippen molar-refractivity contribution in [1.82, 2.24) is 5.32 Å². The fraction of sp³-hybridized carbons (Fsp3) is 0.852. The van der Waals surface area contributed by atoms with Gasteiger partial charge in [-0.05, 0) is 104 Å². The number of oxime groups is 1. The molecule has 8 atom stereocenters. The number of guanidine groups is 1. The molecule has 4 saturated carbocycles. The highest BCUT2D eigenvalue weighted by atomic mass is 16.6. The zero-order valence-electron chi connectivity index (χ0n) is 21.4. The van der Waals surface area contributed by atoms with Crippen LogP contribution in [0.2, 0.25) is 0 Å². The Morgan fingerprint density at radius 3 is 2.71 bits per heavy atom. The molecule has 0 aromatic heterocycles. The molecular formula is C27H46N4O3. The van der Waals surface area contributed by atoms with Gasteiger partial charge in [-0.3, -0.25) is 5.41 Å². The zero-order valence-corrected chi connectivity index (χ0v) is 21.4. The van der Waals surface area contributed by atoms with Crippen molar-refractivity contribution >= 4 is 12.2 Å². The summed E-state index contributed by atoms with van der Waals surface area (Å²) in [4.78, 5) is 5.35. The summed E-state index contributed by atoms with van der Waals surface area (Å²) in [6.07, 6.45) is 14.2. The van der Waals surface area contributed by atoms with E-state index in [-0.39, 0.29) is 28.8 Å². The molecule has 4 rings (SSSR count). The lowest BCUT2D eigenvalue weighted by Gasteiger charge is -2.64. The molecule has 0 heterocycles. The minimum absolute atomic E-state index is 0.0727. The predicted molar refractivity (Wildman–Crippen MR) is 135 cm³/mol. The van der Waals surface area contributed by atoms with E-state index in [0.29, 0.717) is 30.9 Å². The van der Waals surface area contributed by atoms with Crippen LogP contribution in [0.4, 0.5) is 0 Å². The van der Waals surface area contributed by atoms with Crippen molar-refractivity contribution in [2.75, 3.05) is 13.2 Å². The topological polar surface area (TPSA) is 124 Å². The van der Waals surface area contributed by atoms with Gasteiger partial charge in [-0.15, -0.1) is 0 Å². The molecule has 4 fully saturated rings. The van der Waals surface area contributed by atoms with Crippen LogP contribution in [0.15, 0.2) is 16.8 Å². The molecule has 0 aromatic rings. The maximum absolute atomic E-state index is 12.0. The van der Waals surface area contributed by atoms with E-state index in [0.717, 1.165) is 63.4 Å². The Bertz CT molecular complexity index is 816. The molecule has 4 aliphatic rings. The summed E-state index contributed by atoms with van der Waals surface area (Å²) in [6, 6.07) is 0. The molecule has 0 spiro atoms. The molecule has 0 saturated heterocycles. The zero-order chi connectivity index (χ0) is 24.6. The van der Waals surface area contributed by atoms with E-state index in [1.807, 2.05) is 0 Å². The minimum Gasteiger partial charge on any atom is -0.394 e. The fourth-order valence-corrected chi connectivity index (χ4v) is 8.50. The van der Waals surface area contributed by atoms with E-state index in [4.69, 9.17) is 16.0 Å². The van der Waals surface area contributed by atoms with E-state index in [1.54, 1.807) is 6.21 Å². The monoisotopic (exact) mass is 474 g/mol. The first kappa shape index (κ1) is 25.5. The van der Waals surface area contributed by atoms with Crippen LogP contribution < -0.4 is 11.1 Å². The van der Waals surface area contributed by atoms with E-state index in [1.165, 1.54) is 6.42 Å². The van der Waals surface area contributed by atoms with Crippen LogP contribution in [0.25, 0.3) is 0 Å². The molecule has 0 radical (unpaired) electrons. The number of fused-ring (bicyclic) bond motifs is 5. The lowest BCUT2D eigenvalue weighted by Crippen LogP contribution is -2.62. The highest BCUT2D eigenvalue weighted by Gasteiger charge is 2.65. The van der Waals surface area contributed by atoms with Gasteiger partial charge in [0.15, 0.2) is 5.96 Å². The predicted octanol–water partition coefficient (Wildman–Crippen LogP) is 3.94. The van der Waals surface area contributed by atoms with Crippen molar-refractivity contribution < 1.29 is 15.1 Å². The van der Waals surface area contributed by atoms with Gasteiger partial charge in [0.25, 0.3) is 0 Å². The van der Waals surface area contributed by atoms with Crippen molar-refractivity contribution in [2.24, 2.45) is 45.4 Å². The highest BCUT2D eigenvalue weighted by molar-refractivity contribution is 5.78. The third-order valence-corrected chi connectivity index (χ3v) is 10.4. The molecule has 1 unspecified atom stereocenters. The lowest BCUT2D eigenvalue weighted by atomic mass is 9.41. The number of allylic oxidation sites excluding steroid dienone is 2. The van der Waals surface area contributed by atoms with Gasteiger partial charge in [0.1, 0.15) is 6.61 Å². The summed E-state index contributed by atoms with van der Waals surface area (Å²) in [6.45, 7) is 7.72. The molecule has 192 valence electrons. The molecule has 7 nitrogen and oxygen atoms in total. The smallest absolute Gasteiger partial charge is 0.185 e. The van der Waals surface area contributed by atoms with Gasteiger partial charge < -0.3 is 26.1 Å². The molecule has 0 aliphatic heterocycles. The standard InChI is InChI=1S/C27H46N4O3/c1-4-18(17-31-34-13-12-30-24(28)29)14-20-16-21(32)15-19-6-7-23-22(26(19,20)3)8-11-25(2)9-5-10-27(23,25)33/h14,17,19-23,32-33H,4-13,15-16H2,1-3H3,(H4,28,29,30)/b18-14+,31-17+/t19-,20?,21-,22+,23-,25+,26-,27+/m1/s1. The number of aliphatic hydroxyl groups is 2. The van der Waals surface area contributed by atoms with Crippen molar-refractivity contribution in [1.29, 1.82) is 5.41 Å². The minimum atomic E-state index is -0.523. The second-order valence-electron chi connectivity index (χ2n) is 12.0. The summed E-state index contributed by atoms with van der Waals surface area (Å²) in [7, 11) is 0. The number of hydrogen-bond donors (Lipinski definition) is 5. The second-order valence-corrected chi connectivity index (χ2v) is 12.0. The molecule has 6 N–H and O–H groups in total. The third kappa shape index (κ3) is 4.39. The molecule has 0 amide bonds. The van der Waals surface area contributed by atoms with E-state index >= 15 is 0 Å². The summed E-state index contributed by atoms with van der Waals surface area (Å²) in [5.74, 6) is 1.56. The Kier molecular flexibility index (Phi) is 7.35. The maximum atomic E-state index is 12.0. The number of aliphatic hydroxyl groups excluding tert-OH is 1. The van der Waals surface area contributed by atoms with Crippen molar-refractivity contribution in [3.05, 3.63) is 11.6 Å². The van der Waals surface area contributed by atoms with Gasteiger partial charge >= 0.3 is 0 Å².